The van der Waals surface area contributed by atoms with Gasteiger partial charge in [0.2, 0.25) is 0 Å². The molecule has 1 aliphatic heterocycles. The Morgan fingerprint density at radius 2 is 2.00 bits per heavy atom. The third-order valence-corrected chi connectivity index (χ3v) is 3.29. The van der Waals surface area contributed by atoms with Crippen molar-refractivity contribution in [3.63, 3.8) is 0 Å². The number of amides is 3. The average molecular weight is 212 g/mol. The van der Waals surface area contributed by atoms with Crippen LogP contribution in [0.5, 0.6) is 0 Å². The minimum Gasteiger partial charge on any atom is -0.381 e. The molecule has 2 aliphatic rings. The molecule has 2 rings (SSSR count). The van der Waals surface area contributed by atoms with Crippen LogP contribution in [0.3, 0.4) is 0 Å². The number of hydrogen-bond acceptors (Lipinski definition) is 3. The van der Waals surface area contributed by atoms with Gasteiger partial charge in [-0.2, -0.15) is 0 Å². The molecule has 0 aromatic rings. The molecular formula is C10H16N2O3. The molecule has 5 nitrogen and oxygen atoms in total. The first-order valence-electron chi connectivity index (χ1n) is 5.36. The van der Waals surface area contributed by atoms with Gasteiger partial charge in [0, 0.05) is 13.0 Å². The van der Waals surface area contributed by atoms with E-state index in [1.165, 1.54) is 0 Å². The van der Waals surface area contributed by atoms with E-state index in [0.717, 1.165) is 25.7 Å². The predicted octanol–water partition coefficient (Wildman–Crippen LogP) is 0.400. The van der Waals surface area contributed by atoms with E-state index in [1.807, 2.05) is 0 Å². The van der Waals surface area contributed by atoms with Gasteiger partial charge < -0.3 is 10.1 Å². The molecule has 5 heteroatoms. The van der Waals surface area contributed by atoms with Gasteiger partial charge in [0.1, 0.15) is 6.04 Å². The van der Waals surface area contributed by atoms with Crippen molar-refractivity contribution in [3.8, 4) is 0 Å². The van der Waals surface area contributed by atoms with Gasteiger partial charge in [0.15, 0.2) is 0 Å². The van der Waals surface area contributed by atoms with E-state index in [2.05, 4.69) is 10.6 Å². The van der Waals surface area contributed by atoms with Crippen LogP contribution in [0.15, 0.2) is 0 Å². The monoisotopic (exact) mass is 212 g/mol. The third kappa shape index (κ3) is 1.97. The lowest BCUT2D eigenvalue weighted by Gasteiger charge is -2.32. The van der Waals surface area contributed by atoms with Crippen molar-refractivity contribution < 1.29 is 14.3 Å². The molecule has 1 heterocycles. The summed E-state index contributed by atoms with van der Waals surface area (Å²) in [6.45, 7) is 0. The van der Waals surface area contributed by atoms with Crippen molar-refractivity contribution >= 4 is 11.9 Å². The van der Waals surface area contributed by atoms with Crippen LogP contribution in [-0.4, -0.2) is 31.2 Å². The maximum Gasteiger partial charge on any atom is 0.322 e. The van der Waals surface area contributed by atoms with Crippen LogP contribution in [0.2, 0.25) is 0 Å². The molecule has 1 aliphatic carbocycles. The molecule has 0 unspecified atom stereocenters. The van der Waals surface area contributed by atoms with E-state index >= 15 is 0 Å². The molecule has 2 fully saturated rings. The molecule has 15 heavy (non-hydrogen) atoms. The minimum absolute atomic E-state index is 0.0906. The zero-order chi connectivity index (χ0) is 10.8. The number of carbonyl (C=O) groups is 2. The predicted molar refractivity (Wildman–Crippen MR) is 53.2 cm³/mol. The number of methoxy groups -OCH3 is 1. The molecule has 3 amide bonds. The summed E-state index contributed by atoms with van der Waals surface area (Å²) in [5, 5.41) is 4.92. The Bertz CT molecular complexity index is 280. The van der Waals surface area contributed by atoms with Crippen LogP contribution >= 0.6 is 0 Å². The van der Waals surface area contributed by atoms with E-state index < -0.39 is 6.04 Å². The fourth-order valence-electron chi connectivity index (χ4n) is 2.53. The summed E-state index contributed by atoms with van der Waals surface area (Å²) in [7, 11) is 1.66. The van der Waals surface area contributed by atoms with Crippen LogP contribution in [0.4, 0.5) is 4.79 Å². The average Bonchev–Trinajstić information content (AvgIpc) is 2.57. The van der Waals surface area contributed by atoms with Crippen molar-refractivity contribution in [1.29, 1.82) is 0 Å². The smallest absolute Gasteiger partial charge is 0.322 e. The lowest BCUT2D eigenvalue weighted by atomic mass is 9.81. The standard InChI is InChI=1S/C10H16N2O3/c1-15-7-5-3-2-4-6(7)8-9(13)12-10(14)11-8/h6-8H,2-5H2,1H3,(H2,11,12,13,14)/t6-,7+,8+/m0/s1. The summed E-state index contributed by atoms with van der Waals surface area (Å²) in [6.07, 6.45) is 4.24. The molecule has 1 saturated heterocycles. The molecule has 0 radical (unpaired) electrons. The molecule has 1 saturated carbocycles. The number of hydrogen-bond donors (Lipinski definition) is 2. The lowest BCUT2D eigenvalue weighted by molar-refractivity contribution is -0.123. The molecule has 0 spiro atoms. The van der Waals surface area contributed by atoms with Crippen molar-refractivity contribution in [2.75, 3.05) is 7.11 Å². The van der Waals surface area contributed by atoms with Crippen LogP contribution in [0.25, 0.3) is 0 Å². The zero-order valence-corrected chi connectivity index (χ0v) is 8.79. The summed E-state index contributed by atoms with van der Waals surface area (Å²) < 4.78 is 5.37. The maximum atomic E-state index is 11.5. The fraction of sp³-hybridized carbons (Fsp3) is 0.800. The third-order valence-electron chi connectivity index (χ3n) is 3.29. The number of carbonyl (C=O) groups excluding carboxylic acids is 2. The zero-order valence-electron chi connectivity index (χ0n) is 8.79. The first kappa shape index (κ1) is 10.4. The summed E-state index contributed by atoms with van der Waals surface area (Å²) in [4.78, 5) is 22.5. The molecule has 0 bridgehead atoms. The van der Waals surface area contributed by atoms with E-state index in [9.17, 15) is 9.59 Å². The largest absolute Gasteiger partial charge is 0.381 e. The Morgan fingerprint density at radius 1 is 1.27 bits per heavy atom. The SMILES string of the molecule is CO[C@@H]1CCCC[C@@H]1[C@H]1NC(=O)NC1=O. The number of urea groups is 1. The molecule has 3 atom stereocenters. The van der Waals surface area contributed by atoms with Gasteiger partial charge in [-0.1, -0.05) is 12.8 Å². The van der Waals surface area contributed by atoms with Crippen molar-refractivity contribution in [2.45, 2.75) is 37.8 Å². The van der Waals surface area contributed by atoms with E-state index in [-0.39, 0.29) is 24.0 Å². The molecule has 84 valence electrons. The lowest BCUT2D eigenvalue weighted by Crippen LogP contribution is -2.45. The van der Waals surface area contributed by atoms with Gasteiger partial charge in [-0.3, -0.25) is 10.1 Å². The summed E-state index contributed by atoms with van der Waals surface area (Å²) >= 11 is 0. The Labute approximate surface area is 88.5 Å². The van der Waals surface area contributed by atoms with Crippen molar-refractivity contribution in [2.24, 2.45) is 5.92 Å². The minimum atomic E-state index is -0.400. The second-order valence-electron chi connectivity index (χ2n) is 4.16. The Kier molecular flexibility index (Phi) is 2.90. The first-order chi connectivity index (χ1) is 7.22. The van der Waals surface area contributed by atoms with Gasteiger partial charge in [-0.25, -0.2) is 4.79 Å². The van der Waals surface area contributed by atoms with Gasteiger partial charge in [0.25, 0.3) is 5.91 Å². The Morgan fingerprint density at radius 3 is 2.60 bits per heavy atom. The van der Waals surface area contributed by atoms with Gasteiger partial charge >= 0.3 is 6.03 Å². The number of imide groups is 1. The second-order valence-corrected chi connectivity index (χ2v) is 4.16. The highest BCUT2D eigenvalue weighted by molar-refractivity contribution is 6.04. The van der Waals surface area contributed by atoms with Crippen molar-refractivity contribution in [1.82, 2.24) is 10.6 Å². The van der Waals surface area contributed by atoms with Gasteiger partial charge in [-0.15, -0.1) is 0 Å². The Hall–Kier alpha value is -1.10. The topological polar surface area (TPSA) is 67.4 Å². The molecule has 2 N–H and O–H groups in total. The second kappa shape index (κ2) is 4.18. The van der Waals surface area contributed by atoms with Gasteiger partial charge in [0.05, 0.1) is 6.10 Å². The van der Waals surface area contributed by atoms with Crippen LogP contribution in [-0.2, 0) is 9.53 Å². The van der Waals surface area contributed by atoms with Gasteiger partial charge in [-0.05, 0) is 12.8 Å². The highest BCUT2D eigenvalue weighted by Gasteiger charge is 2.41. The number of nitrogens with one attached hydrogen (secondary N) is 2. The Balaban J connectivity index is 2.07. The molecule has 0 aromatic carbocycles. The van der Waals surface area contributed by atoms with E-state index in [0.29, 0.717) is 0 Å². The fourth-order valence-corrected chi connectivity index (χ4v) is 2.53. The van der Waals surface area contributed by atoms with E-state index in [1.54, 1.807) is 7.11 Å². The van der Waals surface area contributed by atoms with E-state index in [4.69, 9.17) is 4.74 Å². The van der Waals surface area contributed by atoms with Crippen LogP contribution in [0, 0.1) is 5.92 Å². The molecular weight excluding hydrogens is 196 g/mol. The summed E-state index contributed by atoms with van der Waals surface area (Å²) in [5.41, 5.74) is 0. The van der Waals surface area contributed by atoms with Crippen LogP contribution in [0.1, 0.15) is 25.7 Å². The summed E-state index contributed by atoms with van der Waals surface area (Å²) in [6, 6.07) is -0.784. The molecule has 0 aromatic heterocycles. The maximum absolute atomic E-state index is 11.5. The van der Waals surface area contributed by atoms with Crippen LogP contribution < -0.4 is 10.6 Å². The highest BCUT2D eigenvalue weighted by Crippen LogP contribution is 2.30. The first-order valence-corrected chi connectivity index (χ1v) is 5.36. The normalized spacial score (nSPS) is 36.2. The number of ether oxygens (including phenoxy) is 1. The summed E-state index contributed by atoms with van der Waals surface area (Å²) in [5.74, 6) is -0.0934. The quantitative estimate of drug-likeness (QED) is 0.651. The number of rotatable bonds is 2. The van der Waals surface area contributed by atoms with Crippen molar-refractivity contribution in [3.05, 3.63) is 0 Å². The highest BCUT2D eigenvalue weighted by atomic mass is 16.5.